The number of nitrogen functional groups attached to an aromatic ring is 1. The quantitative estimate of drug-likeness (QED) is 0.672. The van der Waals surface area contributed by atoms with Gasteiger partial charge in [0.2, 0.25) is 0 Å². The number of halogens is 1. The molecular formula is C12H13FN2OS. The number of hydrogen-bond donors (Lipinski definition) is 1. The molecule has 0 amide bonds. The first-order valence-electron chi connectivity index (χ1n) is 5.17. The number of rotatable bonds is 3. The summed E-state index contributed by atoms with van der Waals surface area (Å²) in [6.45, 7) is 3.74. The van der Waals surface area contributed by atoms with Crippen molar-refractivity contribution in [1.82, 2.24) is 5.16 Å². The van der Waals surface area contributed by atoms with E-state index in [1.807, 2.05) is 13.8 Å². The first-order valence-corrected chi connectivity index (χ1v) is 6.16. The van der Waals surface area contributed by atoms with Crippen molar-refractivity contribution in [2.45, 2.75) is 24.5 Å². The number of nitrogens with two attached hydrogens (primary N) is 1. The summed E-state index contributed by atoms with van der Waals surface area (Å²) in [5.41, 5.74) is 7.80. The molecule has 0 aliphatic rings. The predicted molar refractivity (Wildman–Crippen MR) is 66.4 cm³/mol. The molecule has 1 aromatic carbocycles. The summed E-state index contributed by atoms with van der Waals surface area (Å²) < 4.78 is 18.6. The maximum atomic E-state index is 13.5. The Labute approximate surface area is 103 Å². The molecule has 0 saturated heterocycles. The van der Waals surface area contributed by atoms with Crippen molar-refractivity contribution in [3.05, 3.63) is 41.0 Å². The second-order valence-electron chi connectivity index (χ2n) is 3.78. The molecule has 17 heavy (non-hydrogen) atoms. The van der Waals surface area contributed by atoms with Gasteiger partial charge in [-0.15, -0.1) is 11.8 Å². The van der Waals surface area contributed by atoms with Gasteiger partial charge in [-0.05, 0) is 32.0 Å². The lowest BCUT2D eigenvalue weighted by Crippen LogP contribution is -1.90. The van der Waals surface area contributed by atoms with Crippen LogP contribution in [0.1, 0.15) is 17.0 Å². The summed E-state index contributed by atoms with van der Waals surface area (Å²) in [7, 11) is 0. The summed E-state index contributed by atoms with van der Waals surface area (Å²) in [4.78, 5) is 0.583. The highest BCUT2D eigenvalue weighted by atomic mass is 32.2. The molecule has 0 aliphatic carbocycles. The van der Waals surface area contributed by atoms with Crippen LogP contribution >= 0.6 is 11.8 Å². The van der Waals surface area contributed by atoms with Crippen LogP contribution in [0.25, 0.3) is 0 Å². The predicted octanol–water partition coefficient (Wildman–Crippen LogP) is 3.31. The van der Waals surface area contributed by atoms with Gasteiger partial charge in [-0.25, -0.2) is 4.39 Å². The van der Waals surface area contributed by atoms with E-state index in [9.17, 15) is 4.39 Å². The fourth-order valence-electron chi connectivity index (χ4n) is 1.49. The van der Waals surface area contributed by atoms with Gasteiger partial charge in [-0.1, -0.05) is 5.16 Å². The Balaban J connectivity index is 2.13. The SMILES string of the molecule is Cc1noc(C)c1CSc1ccc(N)cc1F. The van der Waals surface area contributed by atoms with Crippen molar-refractivity contribution in [2.75, 3.05) is 5.73 Å². The van der Waals surface area contributed by atoms with E-state index in [1.165, 1.54) is 17.8 Å². The van der Waals surface area contributed by atoms with Crippen LogP contribution in [0, 0.1) is 19.7 Å². The number of benzene rings is 1. The normalized spacial score (nSPS) is 10.8. The number of thioether (sulfide) groups is 1. The van der Waals surface area contributed by atoms with E-state index in [2.05, 4.69) is 5.16 Å². The molecule has 2 rings (SSSR count). The Morgan fingerprint density at radius 1 is 1.41 bits per heavy atom. The maximum Gasteiger partial charge on any atom is 0.138 e. The van der Waals surface area contributed by atoms with E-state index >= 15 is 0 Å². The highest BCUT2D eigenvalue weighted by Gasteiger charge is 2.10. The van der Waals surface area contributed by atoms with Gasteiger partial charge in [0.25, 0.3) is 0 Å². The summed E-state index contributed by atoms with van der Waals surface area (Å²) >= 11 is 1.41. The van der Waals surface area contributed by atoms with Gasteiger partial charge in [-0.2, -0.15) is 0 Å². The number of anilines is 1. The molecule has 0 aliphatic heterocycles. The molecule has 0 saturated carbocycles. The minimum Gasteiger partial charge on any atom is -0.399 e. The summed E-state index contributed by atoms with van der Waals surface area (Å²) in [6, 6.07) is 4.71. The molecule has 3 nitrogen and oxygen atoms in total. The van der Waals surface area contributed by atoms with Crippen LogP contribution < -0.4 is 5.73 Å². The van der Waals surface area contributed by atoms with Crippen LogP contribution in [0.4, 0.5) is 10.1 Å². The molecule has 0 unspecified atom stereocenters. The lowest BCUT2D eigenvalue weighted by Gasteiger charge is -2.03. The lowest BCUT2D eigenvalue weighted by molar-refractivity contribution is 0.392. The Morgan fingerprint density at radius 2 is 2.18 bits per heavy atom. The fraction of sp³-hybridized carbons (Fsp3) is 0.250. The summed E-state index contributed by atoms with van der Waals surface area (Å²) in [5.74, 6) is 1.13. The van der Waals surface area contributed by atoms with Crippen molar-refractivity contribution in [2.24, 2.45) is 0 Å². The van der Waals surface area contributed by atoms with Crippen LogP contribution in [0.3, 0.4) is 0 Å². The van der Waals surface area contributed by atoms with E-state index in [-0.39, 0.29) is 5.82 Å². The third kappa shape index (κ3) is 2.61. The molecule has 1 heterocycles. The van der Waals surface area contributed by atoms with E-state index in [0.29, 0.717) is 16.3 Å². The Hall–Kier alpha value is -1.49. The van der Waals surface area contributed by atoms with Crippen LogP contribution in [-0.4, -0.2) is 5.16 Å². The minimum absolute atomic E-state index is 0.290. The monoisotopic (exact) mass is 252 g/mol. The van der Waals surface area contributed by atoms with Crippen molar-refractivity contribution >= 4 is 17.4 Å². The zero-order chi connectivity index (χ0) is 12.4. The highest BCUT2D eigenvalue weighted by molar-refractivity contribution is 7.98. The molecule has 0 spiro atoms. The zero-order valence-electron chi connectivity index (χ0n) is 9.66. The zero-order valence-corrected chi connectivity index (χ0v) is 10.5. The topological polar surface area (TPSA) is 52.0 Å². The van der Waals surface area contributed by atoms with Crippen LogP contribution in [0.15, 0.2) is 27.6 Å². The van der Waals surface area contributed by atoms with Crippen molar-refractivity contribution in [3.63, 3.8) is 0 Å². The highest BCUT2D eigenvalue weighted by Crippen LogP contribution is 2.28. The van der Waals surface area contributed by atoms with Gasteiger partial charge in [-0.3, -0.25) is 0 Å². The average Bonchev–Trinajstić information content (AvgIpc) is 2.58. The van der Waals surface area contributed by atoms with Gasteiger partial charge in [0.1, 0.15) is 11.6 Å². The number of aryl methyl sites for hydroxylation is 2. The molecule has 2 aromatic rings. The van der Waals surface area contributed by atoms with Crippen LogP contribution in [0.5, 0.6) is 0 Å². The molecule has 5 heteroatoms. The average molecular weight is 252 g/mol. The van der Waals surface area contributed by atoms with Gasteiger partial charge in [0.05, 0.1) is 5.69 Å². The van der Waals surface area contributed by atoms with Crippen molar-refractivity contribution < 1.29 is 8.91 Å². The van der Waals surface area contributed by atoms with Crippen molar-refractivity contribution in [1.29, 1.82) is 0 Å². The molecule has 0 atom stereocenters. The third-order valence-corrected chi connectivity index (χ3v) is 3.58. The molecule has 0 fully saturated rings. The van der Waals surface area contributed by atoms with Crippen LogP contribution in [0.2, 0.25) is 0 Å². The first-order chi connectivity index (χ1) is 8.08. The number of aromatic nitrogens is 1. The summed E-state index contributed by atoms with van der Waals surface area (Å²) in [5, 5.41) is 3.86. The first kappa shape index (κ1) is 12.0. The third-order valence-electron chi connectivity index (χ3n) is 2.51. The molecule has 2 N–H and O–H groups in total. The summed E-state index contributed by atoms with van der Waals surface area (Å²) in [6.07, 6.45) is 0. The lowest BCUT2D eigenvalue weighted by atomic mass is 10.2. The van der Waals surface area contributed by atoms with Crippen molar-refractivity contribution in [3.8, 4) is 0 Å². The molecule has 0 radical (unpaired) electrons. The Morgan fingerprint density at radius 3 is 2.76 bits per heavy atom. The second kappa shape index (κ2) is 4.79. The molecular weight excluding hydrogens is 239 g/mol. The number of hydrogen-bond acceptors (Lipinski definition) is 4. The maximum absolute atomic E-state index is 13.5. The van der Waals surface area contributed by atoms with E-state index < -0.39 is 0 Å². The van der Waals surface area contributed by atoms with Gasteiger partial charge in [0, 0.05) is 21.9 Å². The van der Waals surface area contributed by atoms with E-state index in [1.54, 1.807) is 12.1 Å². The van der Waals surface area contributed by atoms with Gasteiger partial charge in [0.15, 0.2) is 0 Å². The van der Waals surface area contributed by atoms with Crippen LogP contribution in [-0.2, 0) is 5.75 Å². The van der Waals surface area contributed by atoms with Gasteiger partial charge < -0.3 is 10.3 Å². The fourth-order valence-corrected chi connectivity index (χ4v) is 2.57. The smallest absolute Gasteiger partial charge is 0.138 e. The standard InChI is InChI=1S/C12H13FN2OS/c1-7-10(8(2)16-15-7)6-17-12-4-3-9(14)5-11(12)13/h3-5H,6,14H2,1-2H3. The molecule has 1 aromatic heterocycles. The van der Waals surface area contributed by atoms with Gasteiger partial charge >= 0.3 is 0 Å². The minimum atomic E-state index is -0.290. The van der Waals surface area contributed by atoms with E-state index in [0.717, 1.165) is 17.0 Å². The van der Waals surface area contributed by atoms with E-state index in [4.69, 9.17) is 10.3 Å². The molecule has 0 bridgehead atoms. The Bertz CT molecular complexity index is 520. The second-order valence-corrected chi connectivity index (χ2v) is 4.80. The largest absolute Gasteiger partial charge is 0.399 e. The Kier molecular flexibility index (Phi) is 3.38. The molecule has 90 valence electrons. The number of nitrogens with zero attached hydrogens (tertiary/aromatic N) is 1.